The Kier molecular flexibility index (Phi) is 5.59. The zero-order chi connectivity index (χ0) is 13.7. The summed E-state index contributed by atoms with van der Waals surface area (Å²) in [5.41, 5.74) is 0.410. The van der Waals surface area contributed by atoms with Crippen molar-refractivity contribution in [2.75, 3.05) is 0 Å². The molecule has 0 radical (unpaired) electrons. The molecule has 0 fully saturated rings. The van der Waals surface area contributed by atoms with E-state index in [1.165, 1.54) is 0 Å². The number of rotatable bonds is 5. The molecule has 18 heavy (non-hydrogen) atoms. The van der Waals surface area contributed by atoms with Gasteiger partial charge in [0, 0.05) is 10.9 Å². The highest BCUT2D eigenvalue weighted by Gasteiger charge is 2.31. The van der Waals surface area contributed by atoms with Gasteiger partial charge >= 0.3 is 11.9 Å². The molecule has 1 aliphatic rings. The van der Waals surface area contributed by atoms with Crippen LogP contribution in [-0.4, -0.2) is 18.0 Å². The predicted octanol–water partition coefficient (Wildman–Crippen LogP) is 3.22. The number of hydrogen-bond donors (Lipinski definition) is 0. The molecule has 0 N–H and O–H groups in total. The summed E-state index contributed by atoms with van der Waals surface area (Å²) in [5, 5.41) is 0. The number of ether oxygens (including phenoxy) is 2. The SMILES string of the molecule is CCCC(OC(=O)CC)C1=C/C(=C(\C)Br)OC1=O. The fourth-order valence-electron chi connectivity index (χ4n) is 1.56. The van der Waals surface area contributed by atoms with Gasteiger partial charge in [-0.25, -0.2) is 4.79 Å². The summed E-state index contributed by atoms with van der Waals surface area (Å²) in [4.78, 5) is 23.1. The van der Waals surface area contributed by atoms with Crippen LogP contribution in [0.2, 0.25) is 0 Å². The highest BCUT2D eigenvalue weighted by Crippen LogP contribution is 2.28. The molecule has 0 aromatic carbocycles. The van der Waals surface area contributed by atoms with Gasteiger partial charge in [0.25, 0.3) is 0 Å². The van der Waals surface area contributed by atoms with Crippen LogP contribution in [0.3, 0.4) is 0 Å². The normalized spacial score (nSPS) is 19.1. The van der Waals surface area contributed by atoms with Crippen LogP contribution in [0, 0.1) is 0 Å². The molecular formula is C13H17BrO4. The second-order valence-corrected chi connectivity index (χ2v) is 5.20. The van der Waals surface area contributed by atoms with Gasteiger partial charge in [0.15, 0.2) is 0 Å². The van der Waals surface area contributed by atoms with Crippen molar-refractivity contribution >= 4 is 27.9 Å². The number of halogens is 1. The standard InChI is InChI=1S/C13H17BrO4/c1-4-6-10(17-12(15)5-2)9-7-11(8(3)14)18-13(9)16/h7,10H,4-6H2,1-3H3/b11-8-. The van der Waals surface area contributed by atoms with E-state index < -0.39 is 12.1 Å². The molecule has 1 heterocycles. The minimum atomic E-state index is -0.515. The van der Waals surface area contributed by atoms with E-state index in [1.54, 1.807) is 19.9 Å². The van der Waals surface area contributed by atoms with Crippen LogP contribution in [0.4, 0.5) is 0 Å². The van der Waals surface area contributed by atoms with Gasteiger partial charge in [-0.3, -0.25) is 4.79 Å². The van der Waals surface area contributed by atoms with Crippen LogP contribution in [0.15, 0.2) is 21.9 Å². The molecule has 0 spiro atoms. The highest BCUT2D eigenvalue weighted by molar-refractivity contribution is 9.11. The molecule has 0 saturated heterocycles. The Hall–Kier alpha value is -1.10. The van der Waals surface area contributed by atoms with E-state index in [4.69, 9.17) is 9.47 Å². The number of allylic oxidation sites excluding steroid dienone is 2. The minimum absolute atomic E-state index is 0.294. The molecule has 0 bridgehead atoms. The molecule has 100 valence electrons. The third-order valence-corrected chi connectivity index (χ3v) is 2.92. The molecule has 0 saturated carbocycles. The van der Waals surface area contributed by atoms with Crippen molar-refractivity contribution in [2.45, 2.75) is 46.1 Å². The lowest BCUT2D eigenvalue weighted by molar-refractivity contribution is -0.148. The summed E-state index contributed by atoms with van der Waals surface area (Å²) >= 11 is 3.26. The van der Waals surface area contributed by atoms with Crippen LogP contribution < -0.4 is 0 Å². The largest absolute Gasteiger partial charge is 0.457 e. The van der Waals surface area contributed by atoms with Crippen molar-refractivity contribution in [1.82, 2.24) is 0 Å². The summed E-state index contributed by atoms with van der Waals surface area (Å²) in [6.45, 7) is 5.48. The van der Waals surface area contributed by atoms with Gasteiger partial charge in [-0.1, -0.05) is 36.2 Å². The van der Waals surface area contributed by atoms with E-state index in [-0.39, 0.29) is 5.97 Å². The average molecular weight is 317 g/mol. The zero-order valence-corrected chi connectivity index (χ0v) is 12.4. The molecule has 1 atom stereocenters. The summed E-state index contributed by atoms with van der Waals surface area (Å²) in [6.07, 6.45) is 2.84. The molecule has 0 aliphatic carbocycles. The van der Waals surface area contributed by atoms with Gasteiger partial charge in [0.05, 0.1) is 5.57 Å². The van der Waals surface area contributed by atoms with E-state index in [0.29, 0.717) is 24.2 Å². The monoisotopic (exact) mass is 316 g/mol. The topological polar surface area (TPSA) is 52.6 Å². The Labute approximate surface area is 115 Å². The van der Waals surface area contributed by atoms with Crippen molar-refractivity contribution in [3.05, 3.63) is 21.9 Å². The van der Waals surface area contributed by atoms with E-state index in [2.05, 4.69) is 15.9 Å². The van der Waals surface area contributed by atoms with E-state index >= 15 is 0 Å². The van der Waals surface area contributed by atoms with E-state index in [0.717, 1.165) is 10.9 Å². The first kappa shape index (κ1) is 15.0. The molecule has 1 unspecified atom stereocenters. The van der Waals surface area contributed by atoms with Gasteiger partial charge < -0.3 is 9.47 Å². The molecule has 0 aromatic heterocycles. The summed E-state index contributed by atoms with van der Waals surface area (Å²) in [6, 6.07) is 0. The lowest BCUT2D eigenvalue weighted by Gasteiger charge is -2.16. The summed E-state index contributed by atoms with van der Waals surface area (Å²) < 4.78 is 11.1. The summed E-state index contributed by atoms with van der Waals surface area (Å²) in [5.74, 6) is -0.273. The molecule has 0 aromatic rings. The van der Waals surface area contributed by atoms with Crippen LogP contribution in [0.25, 0.3) is 0 Å². The predicted molar refractivity (Wildman–Crippen MR) is 70.9 cm³/mol. The molecule has 5 heteroatoms. The van der Waals surface area contributed by atoms with Crippen LogP contribution in [0.5, 0.6) is 0 Å². The minimum Gasteiger partial charge on any atom is -0.457 e. The van der Waals surface area contributed by atoms with Crippen molar-refractivity contribution in [3.63, 3.8) is 0 Å². The van der Waals surface area contributed by atoms with Crippen LogP contribution in [-0.2, 0) is 19.1 Å². The number of esters is 2. The Morgan fingerprint density at radius 3 is 2.61 bits per heavy atom. The first-order valence-corrected chi connectivity index (χ1v) is 6.78. The quantitative estimate of drug-likeness (QED) is 0.731. The smallest absolute Gasteiger partial charge is 0.343 e. The van der Waals surface area contributed by atoms with Crippen LogP contribution >= 0.6 is 15.9 Å². The summed E-state index contributed by atoms with van der Waals surface area (Å²) in [7, 11) is 0. The first-order chi connectivity index (χ1) is 8.49. The third kappa shape index (κ3) is 3.70. The molecule has 0 amide bonds. The van der Waals surface area contributed by atoms with E-state index in [9.17, 15) is 9.59 Å². The van der Waals surface area contributed by atoms with Gasteiger partial charge in [-0.05, 0) is 19.4 Å². The number of cyclic esters (lactones) is 1. The van der Waals surface area contributed by atoms with Gasteiger partial charge in [0.2, 0.25) is 0 Å². The van der Waals surface area contributed by atoms with Crippen molar-refractivity contribution in [1.29, 1.82) is 0 Å². The molecular weight excluding hydrogens is 300 g/mol. The molecule has 1 aliphatic heterocycles. The van der Waals surface area contributed by atoms with Crippen molar-refractivity contribution in [2.24, 2.45) is 0 Å². The first-order valence-electron chi connectivity index (χ1n) is 5.99. The maximum atomic E-state index is 11.7. The number of carbonyl (C=O) groups excluding carboxylic acids is 2. The fraction of sp³-hybridized carbons (Fsp3) is 0.538. The maximum Gasteiger partial charge on any atom is 0.343 e. The third-order valence-electron chi connectivity index (χ3n) is 2.52. The van der Waals surface area contributed by atoms with Crippen molar-refractivity contribution < 1.29 is 19.1 Å². The number of carbonyl (C=O) groups is 2. The lowest BCUT2D eigenvalue weighted by Crippen LogP contribution is -2.23. The Morgan fingerprint density at radius 1 is 1.50 bits per heavy atom. The molecule has 1 rings (SSSR count). The van der Waals surface area contributed by atoms with Gasteiger partial charge in [0.1, 0.15) is 11.9 Å². The van der Waals surface area contributed by atoms with E-state index in [1.807, 2.05) is 6.92 Å². The zero-order valence-electron chi connectivity index (χ0n) is 10.8. The Bertz CT molecular complexity index is 405. The van der Waals surface area contributed by atoms with Gasteiger partial charge in [-0.15, -0.1) is 0 Å². The second-order valence-electron chi connectivity index (χ2n) is 4.01. The maximum absolute atomic E-state index is 11.7. The highest BCUT2D eigenvalue weighted by atomic mass is 79.9. The fourth-order valence-corrected chi connectivity index (χ4v) is 1.76. The lowest BCUT2D eigenvalue weighted by atomic mass is 10.1. The number of hydrogen-bond acceptors (Lipinski definition) is 4. The Morgan fingerprint density at radius 2 is 2.17 bits per heavy atom. The van der Waals surface area contributed by atoms with Crippen molar-refractivity contribution in [3.8, 4) is 0 Å². The van der Waals surface area contributed by atoms with Crippen LogP contribution in [0.1, 0.15) is 40.0 Å². The average Bonchev–Trinajstić information content (AvgIpc) is 2.70. The van der Waals surface area contributed by atoms with Gasteiger partial charge in [-0.2, -0.15) is 0 Å². The second kappa shape index (κ2) is 6.73. The Balaban J connectivity index is 2.92. The molecule has 4 nitrogen and oxygen atoms in total.